The second-order valence-corrected chi connectivity index (χ2v) is 5.26. The smallest absolute Gasteiger partial charge is 0.275 e. The van der Waals surface area contributed by atoms with Gasteiger partial charge in [0.1, 0.15) is 35.8 Å². The van der Waals surface area contributed by atoms with Gasteiger partial charge in [-0.1, -0.05) is 0 Å². The van der Waals surface area contributed by atoms with Crippen LogP contribution in [0.2, 0.25) is 0 Å². The van der Waals surface area contributed by atoms with Crippen molar-refractivity contribution in [3.63, 3.8) is 0 Å². The van der Waals surface area contributed by atoms with Crippen molar-refractivity contribution in [2.24, 2.45) is 0 Å². The molecule has 0 saturated heterocycles. The number of anilines is 2. The fraction of sp³-hybridized carbons (Fsp3) is 0.125. The first-order valence-corrected chi connectivity index (χ1v) is 7.13. The number of hydrogen-bond donors (Lipinski definition) is 1. The van der Waals surface area contributed by atoms with Crippen LogP contribution in [0.3, 0.4) is 0 Å². The van der Waals surface area contributed by atoms with Crippen molar-refractivity contribution in [2.75, 3.05) is 24.3 Å². The number of halogens is 1. The van der Waals surface area contributed by atoms with Gasteiger partial charge in [0.15, 0.2) is 0 Å². The second-order valence-electron chi connectivity index (χ2n) is 5.26. The Balaban J connectivity index is 1.78. The van der Waals surface area contributed by atoms with E-state index in [9.17, 15) is 9.18 Å². The highest BCUT2D eigenvalue weighted by Gasteiger charge is 2.11. The first-order chi connectivity index (χ1) is 11.5. The number of carbonyl (C=O) groups is 1. The average molecular weight is 326 g/mol. The van der Waals surface area contributed by atoms with Crippen LogP contribution in [0.4, 0.5) is 15.9 Å². The molecule has 0 aliphatic rings. The Morgan fingerprint density at radius 1 is 1.17 bits per heavy atom. The third-order valence-electron chi connectivity index (χ3n) is 3.28. The largest absolute Gasteiger partial charge is 0.363 e. The molecule has 2 aromatic heterocycles. The number of carbonyl (C=O) groups excluding carboxylic acids is 1. The molecule has 1 N–H and O–H groups in total. The third-order valence-corrected chi connectivity index (χ3v) is 3.28. The summed E-state index contributed by atoms with van der Waals surface area (Å²) in [6, 6.07) is 7.30. The Hall–Kier alpha value is -3.29. The predicted octanol–water partition coefficient (Wildman–Crippen LogP) is 2.12. The summed E-state index contributed by atoms with van der Waals surface area (Å²) in [6.45, 7) is 0. The van der Waals surface area contributed by atoms with E-state index in [0.717, 1.165) is 5.82 Å². The first kappa shape index (κ1) is 15.6. The van der Waals surface area contributed by atoms with E-state index in [4.69, 9.17) is 0 Å². The van der Waals surface area contributed by atoms with Crippen molar-refractivity contribution < 1.29 is 9.18 Å². The molecule has 3 rings (SSSR count). The Bertz CT molecular complexity index is 859. The van der Waals surface area contributed by atoms with E-state index in [1.165, 1.54) is 36.9 Å². The molecule has 7 nitrogen and oxygen atoms in total. The number of hydrogen-bond acceptors (Lipinski definition) is 5. The first-order valence-electron chi connectivity index (χ1n) is 7.13. The number of aromatic nitrogens is 4. The van der Waals surface area contributed by atoms with Gasteiger partial charge in [-0.2, -0.15) is 0 Å². The molecule has 0 aliphatic heterocycles. The van der Waals surface area contributed by atoms with Crippen molar-refractivity contribution in [3.05, 3.63) is 60.7 Å². The maximum atomic E-state index is 12.9. The molecule has 3 aromatic rings. The Labute approximate surface area is 137 Å². The summed E-state index contributed by atoms with van der Waals surface area (Å²) in [6.07, 6.45) is 4.52. The van der Waals surface area contributed by atoms with Crippen molar-refractivity contribution in [3.8, 4) is 5.82 Å². The van der Waals surface area contributed by atoms with E-state index >= 15 is 0 Å². The summed E-state index contributed by atoms with van der Waals surface area (Å²) < 4.78 is 14.5. The Morgan fingerprint density at radius 2 is 1.92 bits per heavy atom. The molecule has 0 radical (unpaired) electrons. The Morgan fingerprint density at radius 3 is 2.62 bits per heavy atom. The van der Waals surface area contributed by atoms with Gasteiger partial charge in [-0.05, 0) is 24.3 Å². The van der Waals surface area contributed by atoms with Gasteiger partial charge in [-0.3, -0.25) is 9.36 Å². The fourth-order valence-corrected chi connectivity index (χ4v) is 2.02. The molecule has 0 bridgehead atoms. The standard InChI is InChI=1S/C16H15FN6O/c1-22(2)14-7-15(19-9-18-14)23-8-13(20-10-23)16(24)21-12-5-3-11(17)4-6-12/h3-10H,1-2H3,(H,21,24). The molecule has 24 heavy (non-hydrogen) atoms. The van der Waals surface area contributed by atoms with E-state index in [1.807, 2.05) is 19.0 Å². The van der Waals surface area contributed by atoms with E-state index in [1.54, 1.807) is 16.8 Å². The minimum absolute atomic E-state index is 0.226. The number of amides is 1. The summed E-state index contributed by atoms with van der Waals surface area (Å²) in [5.74, 6) is 0.591. The maximum absolute atomic E-state index is 12.9. The monoisotopic (exact) mass is 326 g/mol. The fourth-order valence-electron chi connectivity index (χ4n) is 2.02. The van der Waals surface area contributed by atoms with Crippen LogP contribution in [0.5, 0.6) is 0 Å². The second kappa shape index (κ2) is 6.45. The summed E-state index contributed by atoms with van der Waals surface area (Å²) in [7, 11) is 3.75. The van der Waals surface area contributed by atoms with Crippen molar-refractivity contribution >= 4 is 17.4 Å². The minimum atomic E-state index is -0.387. The summed E-state index contributed by atoms with van der Waals surface area (Å²) in [5.41, 5.74) is 0.720. The lowest BCUT2D eigenvalue weighted by atomic mass is 10.3. The molecule has 0 spiro atoms. The van der Waals surface area contributed by atoms with Gasteiger partial charge in [-0.15, -0.1) is 0 Å². The summed E-state index contributed by atoms with van der Waals surface area (Å²) in [4.78, 5) is 26.4. The zero-order valence-corrected chi connectivity index (χ0v) is 13.1. The van der Waals surface area contributed by atoms with Gasteiger partial charge in [0.2, 0.25) is 0 Å². The van der Waals surface area contributed by atoms with Crippen molar-refractivity contribution in [1.29, 1.82) is 0 Å². The molecular formula is C16H15FN6O. The zero-order valence-electron chi connectivity index (χ0n) is 13.1. The molecule has 0 fully saturated rings. The van der Waals surface area contributed by atoms with Crippen molar-refractivity contribution in [2.45, 2.75) is 0 Å². The SMILES string of the molecule is CN(C)c1cc(-n2cnc(C(=O)Nc3ccc(F)cc3)c2)ncn1. The van der Waals surface area contributed by atoms with Crippen LogP contribution in [0.15, 0.2) is 49.2 Å². The van der Waals surface area contributed by atoms with E-state index < -0.39 is 0 Å². The van der Waals surface area contributed by atoms with Gasteiger partial charge in [0, 0.05) is 32.0 Å². The normalized spacial score (nSPS) is 10.5. The lowest BCUT2D eigenvalue weighted by Crippen LogP contribution is -2.12. The van der Waals surface area contributed by atoms with Crippen LogP contribution < -0.4 is 10.2 Å². The van der Waals surface area contributed by atoms with Crippen LogP contribution in [-0.2, 0) is 0 Å². The van der Waals surface area contributed by atoms with Gasteiger partial charge in [-0.25, -0.2) is 19.3 Å². The summed E-state index contributed by atoms with van der Waals surface area (Å²) >= 11 is 0. The maximum Gasteiger partial charge on any atom is 0.275 e. The number of rotatable bonds is 4. The van der Waals surface area contributed by atoms with Crippen LogP contribution >= 0.6 is 0 Å². The number of imidazole rings is 1. The highest BCUT2D eigenvalue weighted by Crippen LogP contribution is 2.13. The summed E-state index contributed by atoms with van der Waals surface area (Å²) in [5, 5.41) is 2.66. The lowest BCUT2D eigenvalue weighted by Gasteiger charge is -2.11. The number of nitrogens with zero attached hydrogens (tertiary/aromatic N) is 5. The van der Waals surface area contributed by atoms with E-state index in [0.29, 0.717) is 11.5 Å². The van der Waals surface area contributed by atoms with E-state index in [2.05, 4.69) is 20.3 Å². The molecule has 0 atom stereocenters. The molecule has 0 saturated carbocycles. The van der Waals surface area contributed by atoms with Crippen LogP contribution in [0.25, 0.3) is 5.82 Å². The molecular weight excluding hydrogens is 311 g/mol. The van der Waals surface area contributed by atoms with Crippen LogP contribution in [-0.4, -0.2) is 39.5 Å². The molecule has 1 aromatic carbocycles. The van der Waals surface area contributed by atoms with Crippen LogP contribution in [0, 0.1) is 5.82 Å². The van der Waals surface area contributed by atoms with Gasteiger partial charge >= 0.3 is 0 Å². The minimum Gasteiger partial charge on any atom is -0.363 e. The quantitative estimate of drug-likeness (QED) is 0.795. The van der Waals surface area contributed by atoms with Gasteiger partial charge < -0.3 is 10.2 Å². The predicted molar refractivity (Wildman–Crippen MR) is 87.8 cm³/mol. The highest BCUT2D eigenvalue weighted by molar-refractivity contribution is 6.02. The molecule has 122 valence electrons. The zero-order chi connectivity index (χ0) is 17.1. The van der Waals surface area contributed by atoms with Gasteiger partial charge in [0.05, 0.1) is 0 Å². The van der Waals surface area contributed by atoms with Crippen LogP contribution in [0.1, 0.15) is 10.5 Å². The molecule has 0 unspecified atom stereocenters. The Kier molecular flexibility index (Phi) is 4.19. The highest BCUT2D eigenvalue weighted by atomic mass is 19.1. The number of nitrogens with one attached hydrogen (secondary N) is 1. The lowest BCUT2D eigenvalue weighted by molar-refractivity contribution is 0.102. The molecule has 2 heterocycles. The van der Waals surface area contributed by atoms with Gasteiger partial charge in [0.25, 0.3) is 5.91 Å². The number of benzene rings is 1. The average Bonchev–Trinajstić information content (AvgIpc) is 3.07. The topological polar surface area (TPSA) is 75.9 Å². The van der Waals surface area contributed by atoms with Crippen molar-refractivity contribution in [1.82, 2.24) is 19.5 Å². The molecule has 8 heteroatoms. The third kappa shape index (κ3) is 3.37. The van der Waals surface area contributed by atoms with E-state index in [-0.39, 0.29) is 17.4 Å². The molecule has 0 aliphatic carbocycles. The molecule has 1 amide bonds.